The number of rotatable bonds is 1. The summed E-state index contributed by atoms with van der Waals surface area (Å²) in [7, 11) is 1.81. The van der Waals surface area contributed by atoms with Gasteiger partial charge in [-0.15, -0.1) is 5.10 Å². The van der Waals surface area contributed by atoms with Crippen LogP contribution in [-0.2, 0) is 7.05 Å². The molecule has 9 heavy (non-hydrogen) atoms. The summed E-state index contributed by atoms with van der Waals surface area (Å²) in [6.07, 6.45) is 1.93. The smallest absolute Gasteiger partial charge is 0.240 e. The molecule has 0 spiro atoms. The maximum Gasteiger partial charge on any atom is 0.240 e. The SMILES string of the molecule is CSc1nc(N)nn1C. The van der Waals surface area contributed by atoms with Crippen molar-refractivity contribution < 1.29 is 0 Å². The molecule has 0 amide bonds. The van der Waals surface area contributed by atoms with E-state index < -0.39 is 0 Å². The molecule has 1 heterocycles. The number of nitrogens with two attached hydrogens (primary N) is 1. The first-order valence-corrected chi connectivity index (χ1v) is 3.67. The third-order valence-corrected chi connectivity index (χ3v) is 1.64. The topological polar surface area (TPSA) is 56.7 Å². The lowest BCUT2D eigenvalue weighted by molar-refractivity contribution is 0.687. The van der Waals surface area contributed by atoms with E-state index in [2.05, 4.69) is 10.1 Å². The van der Waals surface area contributed by atoms with Crippen molar-refractivity contribution in [2.75, 3.05) is 12.0 Å². The van der Waals surface area contributed by atoms with Gasteiger partial charge in [0.2, 0.25) is 5.95 Å². The van der Waals surface area contributed by atoms with Gasteiger partial charge in [0.15, 0.2) is 5.16 Å². The first kappa shape index (κ1) is 6.41. The summed E-state index contributed by atoms with van der Waals surface area (Å²) in [6.45, 7) is 0. The summed E-state index contributed by atoms with van der Waals surface area (Å²) >= 11 is 1.53. The minimum absolute atomic E-state index is 0.335. The van der Waals surface area contributed by atoms with Crippen molar-refractivity contribution in [2.45, 2.75) is 5.16 Å². The van der Waals surface area contributed by atoms with Crippen molar-refractivity contribution in [3.05, 3.63) is 0 Å². The fourth-order valence-electron chi connectivity index (χ4n) is 0.567. The molecule has 0 radical (unpaired) electrons. The molecule has 0 aliphatic heterocycles. The quantitative estimate of drug-likeness (QED) is 0.569. The second-order valence-corrected chi connectivity index (χ2v) is 2.35. The van der Waals surface area contributed by atoms with Gasteiger partial charge in [-0.1, -0.05) is 11.8 Å². The molecule has 0 atom stereocenters. The third-order valence-electron chi connectivity index (χ3n) is 0.922. The molecule has 0 fully saturated rings. The van der Waals surface area contributed by atoms with Gasteiger partial charge in [0.25, 0.3) is 0 Å². The van der Waals surface area contributed by atoms with E-state index in [1.165, 1.54) is 11.8 Å². The molecule has 5 heteroatoms. The van der Waals surface area contributed by atoms with Gasteiger partial charge in [-0.2, -0.15) is 4.98 Å². The van der Waals surface area contributed by atoms with E-state index in [4.69, 9.17) is 5.73 Å². The first-order chi connectivity index (χ1) is 4.24. The Morgan fingerprint density at radius 2 is 2.33 bits per heavy atom. The number of hydrogen-bond donors (Lipinski definition) is 1. The Balaban J connectivity index is 3.01. The molecule has 0 aromatic carbocycles. The van der Waals surface area contributed by atoms with Gasteiger partial charge in [-0.05, 0) is 6.26 Å². The monoisotopic (exact) mass is 144 g/mol. The Bertz CT molecular complexity index is 206. The maximum atomic E-state index is 5.30. The lowest BCUT2D eigenvalue weighted by atomic mass is 11.1. The maximum absolute atomic E-state index is 5.30. The zero-order valence-corrected chi connectivity index (χ0v) is 6.14. The number of aryl methyl sites for hydroxylation is 1. The molecular weight excluding hydrogens is 136 g/mol. The Kier molecular flexibility index (Phi) is 1.61. The number of nitrogens with zero attached hydrogens (tertiary/aromatic N) is 3. The highest BCUT2D eigenvalue weighted by Gasteiger charge is 1.99. The molecule has 1 aromatic rings. The molecule has 2 N–H and O–H groups in total. The summed E-state index contributed by atoms with van der Waals surface area (Å²) in [5.74, 6) is 0.335. The summed E-state index contributed by atoms with van der Waals surface area (Å²) in [6, 6.07) is 0. The van der Waals surface area contributed by atoms with Crippen LogP contribution >= 0.6 is 11.8 Å². The lowest BCUT2D eigenvalue weighted by Gasteiger charge is -1.89. The van der Waals surface area contributed by atoms with Crippen molar-refractivity contribution in [1.82, 2.24) is 14.8 Å². The van der Waals surface area contributed by atoms with E-state index >= 15 is 0 Å². The second-order valence-electron chi connectivity index (χ2n) is 1.58. The van der Waals surface area contributed by atoms with Gasteiger partial charge < -0.3 is 5.73 Å². The Hall–Kier alpha value is -0.710. The molecule has 0 saturated carbocycles. The molecule has 50 valence electrons. The van der Waals surface area contributed by atoms with Crippen molar-refractivity contribution in [1.29, 1.82) is 0 Å². The van der Waals surface area contributed by atoms with Crippen LogP contribution in [0.15, 0.2) is 5.16 Å². The van der Waals surface area contributed by atoms with Gasteiger partial charge in [0, 0.05) is 7.05 Å². The zero-order valence-electron chi connectivity index (χ0n) is 5.33. The summed E-state index contributed by atoms with van der Waals surface area (Å²) < 4.78 is 1.65. The molecule has 0 unspecified atom stereocenters. The molecule has 0 aliphatic carbocycles. The third kappa shape index (κ3) is 1.16. The normalized spacial score (nSPS) is 10.0. The predicted molar refractivity (Wildman–Crippen MR) is 37.2 cm³/mol. The highest BCUT2D eigenvalue weighted by atomic mass is 32.2. The van der Waals surface area contributed by atoms with Crippen LogP contribution in [0.25, 0.3) is 0 Å². The Labute approximate surface area is 57.5 Å². The Morgan fingerprint density at radius 1 is 1.67 bits per heavy atom. The summed E-state index contributed by atoms with van der Waals surface area (Å²) in [5, 5.41) is 4.68. The minimum Gasteiger partial charge on any atom is -0.366 e. The molecule has 0 saturated heterocycles. The van der Waals surface area contributed by atoms with E-state index in [9.17, 15) is 0 Å². The number of aromatic nitrogens is 3. The molecular formula is C4H8N4S. The summed E-state index contributed by atoms with van der Waals surface area (Å²) in [4.78, 5) is 3.92. The van der Waals surface area contributed by atoms with E-state index in [1.54, 1.807) is 4.68 Å². The van der Waals surface area contributed by atoms with Crippen LogP contribution in [0.3, 0.4) is 0 Å². The molecule has 4 nitrogen and oxygen atoms in total. The zero-order chi connectivity index (χ0) is 6.85. The van der Waals surface area contributed by atoms with Crippen LogP contribution in [0.1, 0.15) is 0 Å². The van der Waals surface area contributed by atoms with Crippen LogP contribution in [0, 0.1) is 0 Å². The number of anilines is 1. The highest BCUT2D eigenvalue weighted by Crippen LogP contribution is 2.09. The van der Waals surface area contributed by atoms with Crippen molar-refractivity contribution in [3.8, 4) is 0 Å². The number of hydrogen-bond acceptors (Lipinski definition) is 4. The minimum atomic E-state index is 0.335. The van der Waals surface area contributed by atoms with Crippen LogP contribution < -0.4 is 5.73 Å². The van der Waals surface area contributed by atoms with Crippen molar-refractivity contribution in [3.63, 3.8) is 0 Å². The van der Waals surface area contributed by atoms with Gasteiger partial charge in [-0.25, -0.2) is 4.68 Å². The average Bonchev–Trinajstić information content (AvgIpc) is 2.10. The van der Waals surface area contributed by atoms with Crippen LogP contribution in [0.2, 0.25) is 0 Å². The number of thioether (sulfide) groups is 1. The predicted octanol–water partition coefficient (Wildman–Crippen LogP) is 0.119. The fourth-order valence-corrected chi connectivity index (χ4v) is 1.06. The van der Waals surface area contributed by atoms with E-state index in [-0.39, 0.29) is 0 Å². The van der Waals surface area contributed by atoms with Crippen LogP contribution in [0.4, 0.5) is 5.95 Å². The average molecular weight is 144 g/mol. The molecule has 1 aromatic heterocycles. The number of nitrogen functional groups attached to an aromatic ring is 1. The van der Waals surface area contributed by atoms with E-state index in [1.807, 2.05) is 13.3 Å². The van der Waals surface area contributed by atoms with Gasteiger partial charge >= 0.3 is 0 Å². The van der Waals surface area contributed by atoms with Gasteiger partial charge in [0.1, 0.15) is 0 Å². The van der Waals surface area contributed by atoms with E-state index in [0.717, 1.165) is 5.16 Å². The molecule has 1 rings (SSSR count). The van der Waals surface area contributed by atoms with Crippen molar-refractivity contribution in [2.24, 2.45) is 7.05 Å². The fraction of sp³-hybridized carbons (Fsp3) is 0.500. The Morgan fingerprint density at radius 3 is 2.56 bits per heavy atom. The standard InChI is InChI=1S/C4H8N4S/c1-8-4(9-2)6-3(5)7-8/h1-2H3,(H2,5,7). The van der Waals surface area contributed by atoms with Crippen LogP contribution in [0.5, 0.6) is 0 Å². The van der Waals surface area contributed by atoms with Gasteiger partial charge in [0.05, 0.1) is 0 Å². The second kappa shape index (κ2) is 2.26. The van der Waals surface area contributed by atoms with Crippen LogP contribution in [-0.4, -0.2) is 21.0 Å². The lowest BCUT2D eigenvalue weighted by Crippen LogP contribution is -1.92. The first-order valence-electron chi connectivity index (χ1n) is 2.44. The molecule has 0 aliphatic rings. The van der Waals surface area contributed by atoms with Gasteiger partial charge in [-0.3, -0.25) is 0 Å². The molecule has 0 bridgehead atoms. The highest BCUT2D eigenvalue weighted by molar-refractivity contribution is 7.98. The van der Waals surface area contributed by atoms with Crippen molar-refractivity contribution >= 4 is 17.7 Å². The largest absolute Gasteiger partial charge is 0.366 e. The summed E-state index contributed by atoms with van der Waals surface area (Å²) in [5.41, 5.74) is 5.30. The van der Waals surface area contributed by atoms with E-state index in [0.29, 0.717) is 5.95 Å².